The maximum absolute atomic E-state index is 13.3. The van der Waals surface area contributed by atoms with Crippen LogP contribution < -0.4 is 0 Å². The van der Waals surface area contributed by atoms with Gasteiger partial charge in [0.05, 0.1) is 23.8 Å². The molecule has 2 aromatic carbocycles. The number of halogens is 1. The number of nitrogens with zero attached hydrogens (tertiary/aromatic N) is 2. The van der Waals surface area contributed by atoms with E-state index in [1.807, 2.05) is 30.7 Å². The average molecular weight is 376 g/mol. The molecule has 3 rings (SSSR count). The molecule has 0 saturated carbocycles. The van der Waals surface area contributed by atoms with Crippen LogP contribution in [0.15, 0.2) is 48.5 Å². The Kier molecular flexibility index (Phi) is 5.60. The fraction of sp³-hybridized carbons (Fsp3) is 0.217. The number of rotatable bonds is 5. The number of aromatic nitrogens is 1. The van der Waals surface area contributed by atoms with Gasteiger partial charge < -0.3 is 9.30 Å². The number of hydrogen-bond donors (Lipinski definition) is 0. The highest BCUT2D eigenvalue weighted by Gasteiger charge is 2.26. The molecule has 0 aliphatic heterocycles. The molecular formula is C23H21FN2O2. The summed E-state index contributed by atoms with van der Waals surface area (Å²) in [5.41, 5.74) is 5.34. The predicted octanol–water partition coefficient (Wildman–Crippen LogP) is 4.78. The summed E-state index contributed by atoms with van der Waals surface area (Å²) in [6.45, 7) is 3.99. The molecule has 3 aromatic rings. The molecule has 0 aliphatic carbocycles. The minimum atomic E-state index is -0.386. The van der Waals surface area contributed by atoms with Crippen molar-refractivity contribution in [2.75, 3.05) is 6.61 Å². The molecule has 1 aromatic heterocycles. The van der Waals surface area contributed by atoms with Gasteiger partial charge in [-0.25, -0.2) is 9.18 Å². The van der Waals surface area contributed by atoms with E-state index in [2.05, 4.69) is 6.07 Å². The van der Waals surface area contributed by atoms with E-state index in [1.54, 1.807) is 31.2 Å². The van der Waals surface area contributed by atoms with Gasteiger partial charge in [-0.1, -0.05) is 24.3 Å². The summed E-state index contributed by atoms with van der Waals surface area (Å²) in [5, 5.41) is 9.04. The molecule has 0 fully saturated rings. The zero-order valence-corrected chi connectivity index (χ0v) is 16.1. The van der Waals surface area contributed by atoms with Crippen LogP contribution in [0.3, 0.4) is 0 Å². The van der Waals surface area contributed by atoms with Crippen molar-refractivity contribution >= 4 is 5.97 Å². The Hall–Kier alpha value is -3.39. The van der Waals surface area contributed by atoms with Gasteiger partial charge in [0, 0.05) is 30.4 Å². The van der Waals surface area contributed by atoms with E-state index < -0.39 is 0 Å². The smallest absolute Gasteiger partial charge is 0.340 e. The van der Waals surface area contributed by atoms with E-state index in [-0.39, 0.29) is 18.4 Å². The molecule has 0 amide bonds. The Labute approximate surface area is 163 Å². The molecule has 142 valence electrons. The zero-order chi connectivity index (χ0) is 20.3. The molecule has 0 bridgehead atoms. The molecule has 4 nitrogen and oxygen atoms in total. The van der Waals surface area contributed by atoms with Crippen molar-refractivity contribution < 1.29 is 13.9 Å². The summed E-state index contributed by atoms with van der Waals surface area (Å²) in [5.74, 6) is -0.682. The third-order valence-electron chi connectivity index (χ3n) is 4.88. The van der Waals surface area contributed by atoms with E-state index >= 15 is 0 Å². The summed E-state index contributed by atoms with van der Waals surface area (Å²) < 4.78 is 20.6. The highest BCUT2D eigenvalue weighted by Crippen LogP contribution is 2.34. The van der Waals surface area contributed by atoms with Crippen LogP contribution >= 0.6 is 0 Å². The third kappa shape index (κ3) is 3.67. The average Bonchev–Trinajstić information content (AvgIpc) is 2.95. The normalized spacial score (nSPS) is 10.5. The van der Waals surface area contributed by atoms with E-state index in [4.69, 9.17) is 10.00 Å². The second kappa shape index (κ2) is 8.10. The lowest BCUT2D eigenvalue weighted by atomic mass is 9.97. The molecule has 0 unspecified atom stereocenters. The van der Waals surface area contributed by atoms with Crippen LogP contribution in [0.1, 0.15) is 39.8 Å². The Balaban J connectivity index is 2.17. The van der Waals surface area contributed by atoms with Gasteiger partial charge in [-0.3, -0.25) is 0 Å². The molecular weight excluding hydrogens is 355 g/mol. The van der Waals surface area contributed by atoms with Crippen molar-refractivity contribution in [2.45, 2.75) is 20.3 Å². The molecule has 1 heterocycles. The van der Waals surface area contributed by atoms with Crippen molar-refractivity contribution in [1.82, 2.24) is 4.57 Å². The standard InChI is InChI=1S/C23H21FN2O2/c1-4-28-23(27)22-20(13-16-7-11-19(24)12-8-16)26(3)15(2)21(22)18-9-5-17(14-25)6-10-18/h5-12H,4,13H2,1-3H3. The highest BCUT2D eigenvalue weighted by molar-refractivity contribution is 6.00. The lowest BCUT2D eigenvalue weighted by molar-refractivity contribution is 0.0526. The summed E-state index contributed by atoms with van der Waals surface area (Å²) in [7, 11) is 1.91. The number of esters is 1. The Morgan fingerprint density at radius 2 is 1.79 bits per heavy atom. The maximum atomic E-state index is 13.3. The summed E-state index contributed by atoms with van der Waals surface area (Å²) >= 11 is 0. The first-order valence-electron chi connectivity index (χ1n) is 9.06. The fourth-order valence-electron chi connectivity index (χ4n) is 3.35. The van der Waals surface area contributed by atoms with Crippen LogP contribution in [0.25, 0.3) is 11.1 Å². The largest absolute Gasteiger partial charge is 0.462 e. The van der Waals surface area contributed by atoms with Gasteiger partial charge >= 0.3 is 5.97 Å². The first-order valence-corrected chi connectivity index (χ1v) is 9.06. The number of carbonyl (C=O) groups excluding carboxylic acids is 1. The van der Waals surface area contributed by atoms with Gasteiger partial charge in [0.15, 0.2) is 0 Å². The first kappa shape index (κ1) is 19.4. The van der Waals surface area contributed by atoms with E-state index in [9.17, 15) is 9.18 Å². The Bertz CT molecular complexity index is 1040. The predicted molar refractivity (Wildman–Crippen MR) is 105 cm³/mol. The second-order valence-corrected chi connectivity index (χ2v) is 6.55. The third-order valence-corrected chi connectivity index (χ3v) is 4.88. The highest BCUT2D eigenvalue weighted by atomic mass is 19.1. The number of carbonyl (C=O) groups is 1. The monoisotopic (exact) mass is 376 g/mol. The fourth-order valence-corrected chi connectivity index (χ4v) is 3.35. The minimum absolute atomic E-state index is 0.273. The first-order chi connectivity index (χ1) is 13.5. The van der Waals surface area contributed by atoms with Crippen molar-refractivity contribution in [2.24, 2.45) is 7.05 Å². The number of hydrogen-bond acceptors (Lipinski definition) is 3. The molecule has 0 atom stereocenters. The van der Waals surface area contributed by atoms with Gasteiger partial charge in [-0.15, -0.1) is 0 Å². The van der Waals surface area contributed by atoms with E-state index in [0.29, 0.717) is 17.5 Å². The van der Waals surface area contributed by atoms with Gasteiger partial charge in [-0.2, -0.15) is 5.26 Å². The minimum Gasteiger partial charge on any atom is -0.462 e. The van der Waals surface area contributed by atoms with Crippen molar-refractivity contribution in [3.63, 3.8) is 0 Å². The summed E-state index contributed by atoms with van der Waals surface area (Å²) in [6.07, 6.45) is 0.474. The zero-order valence-electron chi connectivity index (χ0n) is 16.1. The molecule has 0 N–H and O–H groups in total. The van der Waals surface area contributed by atoms with Crippen LogP contribution in [0.4, 0.5) is 4.39 Å². The van der Waals surface area contributed by atoms with Crippen LogP contribution in [-0.2, 0) is 18.2 Å². The number of benzene rings is 2. The number of nitriles is 1. The van der Waals surface area contributed by atoms with E-state index in [0.717, 1.165) is 28.1 Å². The maximum Gasteiger partial charge on any atom is 0.340 e. The van der Waals surface area contributed by atoms with Gasteiger partial charge in [-0.05, 0) is 49.2 Å². The van der Waals surface area contributed by atoms with Crippen LogP contribution in [0, 0.1) is 24.1 Å². The quantitative estimate of drug-likeness (QED) is 0.602. The molecule has 0 aliphatic rings. The Morgan fingerprint density at radius 3 is 2.36 bits per heavy atom. The summed E-state index contributed by atoms with van der Waals surface area (Å²) in [4.78, 5) is 12.8. The molecule has 5 heteroatoms. The van der Waals surface area contributed by atoms with Crippen LogP contribution in [0.2, 0.25) is 0 Å². The SMILES string of the molecule is CCOC(=O)c1c(-c2ccc(C#N)cc2)c(C)n(C)c1Cc1ccc(F)cc1. The Morgan fingerprint density at radius 1 is 1.14 bits per heavy atom. The molecule has 0 radical (unpaired) electrons. The summed E-state index contributed by atoms with van der Waals surface area (Å²) in [6, 6.07) is 15.5. The van der Waals surface area contributed by atoms with Gasteiger partial charge in [0.2, 0.25) is 0 Å². The lowest BCUT2D eigenvalue weighted by Crippen LogP contribution is -2.10. The number of ether oxygens (including phenoxy) is 1. The van der Waals surface area contributed by atoms with Gasteiger partial charge in [0.1, 0.15) is 5.82 Å². The van der Waals surface area contributed by atoms with Crippen molar-refractivity contribution in [1.29, 1.82) is 5.26 Å². The molecule has 0 saturated heterocycles. The van der Waals surface area contributed by atoms with Crippen molar-refractivity contribution in [3.05, 3.63) is 82.4 Å². The van der Waals surface area contributed by atoms with Crippen LogP contribution in [0.5, 0.6) is 0 Å². The van der Waals surface area contributed by atoms with E-state index in [1.165, 1.54) is 12.1 Å². The van der Waals surface area contributed by atoms with Crippen molar-refractivity contribution in [3.8, 4) is 17.2 Å². The molecule has 0 spiro atoms. The topological polar surface area (TPSA) is 55.0 Å². The second-order valence-electron chi connectivity index (χ2n) is 6.55. The molecule has 28 heavy (non-hydrogen) atoms. The van der Waals surface area contributed by atoms with Gasteiger partial charge in [0.25, 0.3) is 0 Å². The lowest BCUT2D eigenvalue weighted by Gasteiger charge is -2.09. The van der Waals surface area contributed by atoms with Crippen LogP contribution in [-0.4, -0.2) is 17.1 Å².